The van der Waals surface area contributed by atoms with E-state index in [2.05, 4.69) is 10.3 Å². The summed E-state index contributed by atoms with van der Waals surface area (Å²) in [7, 11) is 0. The molecule has 1 saturated heterocycles. The first-order valence-corrected chi connectivity index (χ1v) is 5.16. The van der Waals surface area contributed by atoms with E-state index in [9.17, 15) is 0 Å². The number of pyridine rings is 1. The summed E-state index contributed by atoms with van der Waals surface area (Å²) in [5.74, 6) is 0. The maximum absolute atomic E-state index is 5.78. The Hall–Kier alpha value is -0.930. The Morgan fingerprint density at radius 3 is 3.00 bits per heavy atom. The van der Waals surface area contributed by atoms with E-state index in [0.29, 0.717) is 12.7 Å². The highest BCUT2D eigenvalue weighted by atomic mass is 16.5. The molecule has 1 fully saturated rings. The molecule has 14 heavy (non-hydrogen) atoms. The number of aromatic nitrogens is 1. The van der Waals surface area contributed by atoms with Crippen LogP contribution >= 0.6 is 0 Å². The van der Waals surface area contributed by atoms with E-state index in [0.717, 1.165) is 13.1 Å². The van der Waals surface area contributed by atoms with Crippen LogP contribution in [0.4, 0.5) is 0 Å². The van der Waals surface area contributed by atoms with Gasteiger partial charge in [-0.25, -0.2) is 0 Å². The topological polar surface area (TPSA) is 34.1 Å². The van der Waals surface area contributed by atoms with E-state index in [1.807, 2.05) is 12.1 Å². The fourth-order valence-corrected chi connectivity index (χ4v) is 1.66. The average molecular weight is 192 g/mol. The number of rotatable bonds is 3. The van der Waals surface area contributed by atoms with Gasteiger partial charge in [-0.05, 0) is 37.1 Å². The summed E-state index contributed by atoms with van der Waals surface area (Å²) in [4.78, 5) is 3.97. The van der Waals surface area contributed by atoms with Crippen molar-refractivity contribution in [2.75, 3.05) is 13.1 Å². The summed E-state index contributed by atoms with van der Waals surface area (Å²) in [6.07, 6.45) is 6.39. The van der Waals surface area contributed by atoms with E-state index < -0.39 is 0 Å². The summed E-state index contributed by atoms with van der Waals surface area (Å²) in [5, 5.41) is 3.33. The van der Waals surface area contributed by atoms with Gasteiger partial charge in [0, 0.05) is 18.9 Å². The van der Waals surface area contributed by atoms with Gasteiger partial charge in [-0.2, -0.15) is 0 Å². The second kappa shape index (κ2) is 5.08. The third-order valence-corrected chi connectivity index (χ3v) is 2.49. The van der Waals surface area contributed by atoms with Crippen LogP contribution < -0.4 is 5.32 Å². The molecule has 3 nitrogen and oxygen atoms in total. The molecule has 0 aromatic carbocycles. The fraction of sp³-hybridized carbons (Fsp3) is 0.545. The summed E-state index contributed by atoms with van der Waals surface area (Å²) >= 11 is 0. The molecule has 0 radical (unpaired) electrons. The molecular weight excluding hydrogens is 176 g/mol. The second-order valence-corrected chi connectivity index (χ2v) is 3.63. The maximum atomic E-state index is 5.78. The Morgan fingerprint density at radius 1 is 1.43 bits per heavy atom. The SMILES string of the molecule is c1cc(CO[C@H]2CCCNC2)ccn1. The minimum Gasteiger partial charge on any atom is -0.372 e. The summed E-state index contributed by atoms with van der Waals surface area (Å²) in [6, 6.07) is 3.99. The molecule has 3 heteroatoms. The lowest BCUT2D eigenvalue weighted by atomic mass is 10.1. The van der Waals surface area contributed by atoms with Gasteiger partial charge in [-0.1, -0.05) is 0 Å². The van der Waals surface area contributed by atoms with Crippen molar-refractivity contribution < 1.29 is 4.74 Å². The molecule has 2 heterocycles. The van der Waals surface area contributed by atoms with Gasteiger partial charge in [0.1, 0.15) is 0 Å². The van der Waals surface area contributed by atoms with Crippen molar-refractivity contribution in [3.63, 3.8) is 0 Å². The molecule has 1 aliphatic heterocycles. The predicted octanol–water partition coefficient (Wildman–Crippen LogP) is 1.35. The number of ether oxygens (including phenoxy) is 1. The highest BCUT2D eigenvalue weighted by molar-refractivity contribution is 5.07. The monoisotopic (exact) mass is 192 g/mol. The molecule has 0 bridgehead atoms. The summed E-state index contributed by atoms with van der Waals surface area (Å²) < 4.78 is 5.78. The van der Waals surface area contributed by atoms with Crippen molar-refractivity contribution in [1.29, 1.82) is 0 Å². The lowest BCUT2D eigenvalue weighted by Crippen LogP contribution is -2.35. The van der Waals surface area contributed by atoms with Crippen LogP contribution in [-0.2, 0) is 11.3 Å². The standard InChI is InChI=1S/C11H16N2O/c1-2-11(8-13-5-1)14-9-10-3-6-12-7-4-10/h3-4,6-7,11,13H,1-2,5,8-9H2/t11-/m0/s1. The minimum atomic E-state index is 0.386. The van der Waals surface area contributed by atoms with Crippen LogP contribution in [0.15, 0.2) is 24.5 Å². The molecule has 1 atom stereocenters. The lowest BCUT2D eigenvalue weighted by molar-refractivity contribution is 0.0252. The zero-order valence-corrected chi connectivity index (χ0v) is 8.28. The van der Waals surface area contributed by atoms with Crippen molar-refractivity contribution in [2.45, 2.75) is 25.6 Å². The van der Waals surface area contributed by atoms with Gasteiger partial charge in [0.2, 0.25) is 0 Å². The van der Waals surface area contributed by atoms with Crippen molar-refractivity contribution >= 4 is 0 Å². The van der Waals surface area contributed by atoms with Crippen LogP contribution in [0.25, 0.3) is 0 Å². The predicted molar refractivity (Wildman–Crippen MR) is 54.9 cm³/mol. The zero-order chi connectivity index (χ0) is 9.64. The van der Waals surface area contributed by atoms with Crippen LogP contribution in [0.5, 0.6) is 0 Å². The first-order chi connectivity index (χ1) is 6.95. The maximum Gasteiger partial charge on any atom is 0.0722 e. The zero-order valence-electron chi connectivity index (χ0n) is 8.28. The molecule has 1 N–H and O–H groups in total. The molecule has 1 aromatic heterocycles. The van der Waals surface area contributed by atoms with Gasteiger partial charge >= 0.3 is 0 Å². The smallest absolute Gasteiger partial charge is 0.0722 e. The normalized spacial score (nSPS) is 22.1. The van der Waals surface area contributed by atoms with Crippen LogP contribution in [0.3, 0.4) is 0 Å². The van der Waals surface area contributed by atoms with Crippen molar-refractivity contribution in [3.05, 3.63) is 30.1 Å². The van der Waals surface area contributed by atoms with E-state index >= 15 is 0 Å². The van der Waals surface area contributed by atoms with Crippen LogP contribution in [0.2, 0.25) is 0 Å². The van der Waals surface area contributed by atoms with E-state index in [-0.39, 0.29) is 0 Å². The summed E-state index contributed by atoms with van der Waals surface area (Å²) in [5.41, 5.74) is 1.20. The molecule has 0 unspecified atom stereocenters. The highest BCUT2D eigenvalue weighted by Crippen LogP contribution is 2.09. The average Bonchev–Trinajstić information content (AvgIpc) is 2.29. The van der Waals surface area contributed by atoms with Crippen molar-refractivity contribution in [3.8, 4) is 0 Å². The van der Waals surface area contributed by atoms with Gasteiger partial charge in [0.15, 0.2) is 0 Å². The van der Waals surface area contributed by atoms with Gasteiger partial charge in [-0.15, -0.1) is 0 Å². The first kappa shape index (κ1) is 9.62. The van der Waals surface area contributed by atoms with Gasteiger partial charge in [0.25, 0.3) is 0 Å². The number of hydrogen-bond donors (Lipinski definition) is 1. The molecule has 1 aliphatic rings. The molecule has 0 saturated carbocycles. The van der Waals surface area contributed by atoms with Gasteiger partial charge in [0.05, 0.1) is 12.7 Å². The second-order valence-electron chi connectivity index (χ2n) is 3.63. The summed E-state index contributed by atoms with van der Waals surface area (Å²) in [6.45, 7) is 2.83. The Morgan fingerprint density at radius 2 is 2.29 bits per heavy atom. The molecule has 1 aromatic rings. The number of nitrogens with zero attached hydrogens (tertiary/aromatic N) is 1. The van der Waals surface area contributed by atoms with E-state index in [4.69, 9.17) is 4.74 Å². The Labute approximate surface area is 84.5 Å². The number of nitrogens with one attached hydrogen (secondary N) is 1. The lowest BCUT2D eigenvalue weighted by Gasteiger charge is -2.22. The van der Waals surface area contributed by atoms with Crippen LogP contribution in [0.1, 0.15) is 18.4 Å². The third kappa shape index (κ3) is 2.79. The highest BCUT2D eigenvalue weighted by Gasteiger charge is 2.12. The fourth-order valence-electron chi connectivity index (χ4n) is 1.66. The van der Waals surface area contributed by atoms with Crippen LogP contribution in [-0.4, -0.2) is 24.2 Å². The Bertz CT molecular complexity index is 257. The van der Waals surface area contributed by atoms with E-state index in [1.165, 1.54) is 18.4 Å². The quantitative estimate of drug-likeness (QED) is 0.785. The number of piperidine rings is 1. The molecule has 0 amide bonds. The largest absolute Gasteiger partial charge is 0.372 e. The number of hydrogen-bond acceptors (Lipinski definition) is 3. The third-order valence-electron chi connectivity index (χ3n) is 2.49. The molecular formula is C11H16N2O. The molecule has 0 aliphatic carbocycles. The van der Waals surface area contributed by atoms with Gasteiger partial charge in [-0.3, -0.25) is 4.98 Å². The molecule has 76 valence electrons. The van der Waals surface area contributed by atoms with Crippen LogP contribution in [0, 0.1) is 0 Å². The first-order valence-electron chi connectivity index (χ1n) is 5.16. The molecule has 0 spiro atoms. The van der Waals surface area contributed by atoms with E-state index in [1.54, 1.807) is 12.4 Å². The van der Waals surface area contributed by atoms with Crippen molar-refractivity contribution in [2.24, 2.45) is 0 Å². The Kier molecular flexibility index (Phi) is 3.49. The Balaban J connectivity index is 1.76. The molecule has 2 rings (SSSR count). The van der Waals surface area contributed by atoms with Crippen molar-refractivity contribution in [1.82, 2.24) is 10.3 Å². The minimum absolute atomic E-state index is 0.386. The van der Waals surface area contributed by atoms with Gasteiger partial charge < -0.3 is 10.1 Å².